The number of aromatic nitrogens is 2. The first-order chi connectivity index (χ1) is 12.2. The van der Waals surface area contributed by atoms with E-state index in [1.807, 2.05) is 43.0 Å². The number of aryl methyl sites for hydroxylation is 1. The third-order valence-electron chi connectivity index (χ3n) is 4.62. The average molecular weight is 343 g/mol. The van der Waals surface area contributed by atoms with Gasteiger partial charge in [0.2, 0.25) is 17.6 Å². The van der Waals surface area contributed by atoms with Gasteiger partial charge in [-0.25, -0.2) is 0 Å². The van der Waals surface area contributed by atoms with Crippen LogP contribution in [0.15, 0.2) is 28.8 Å². The zero-order chi connectivity index (χ0) is 17.6. The van der Waals surface area contributed by atoms with Crippen LogP contribution in [0.25, 0.3) is 11.4 Å². The first-order valence-corrected chi connectivity index (χ1v) is 8.91. The zero-order valence-corrected chi connectivity index (χ0v) is 14.9. The van der Waals surface area contributed by atoms with Crippen LogP contribution in [0.5, 0.6) is 0 Å². The molecule has 1 aliphatic heterocycles. The van der Waals surface area contributed by atoms with E-state index in [0.29, 0.717) is 30.7 Å². The number of amides is 1. The Labute approximate surface area is 148 Å². The number of hydrogen-bond acceptors (Lipinski definition) is 5. The third-order valence-corrected chi connectivity index (χ3v) is 4.62. The number of rotatable bonds is 6. The van der Waals surface area contributed by atoms with E-state index >= 15 is 0 Å². The molecule has 0 bridgehead atoms. The summed E-state index contributed by atoms with van der Waals surface area (Å²) in [7, 11) is 0. The molecule has 1 aromatic heterocycles. The van der Waals surface area contributed by atoms with E-state index in [4.69, 9.17) is 9.26 Å². The molecule has 0 unspecified atom stereocenters. The SMILES string of the molecule is CCOCC(=O)N1CCC[C@@H](Cc2nc(-c3ccccc3C)no2)C1. The Bertz CT molecular complexity index is 713. The Kier molecular flexibility index (Phi) is 5.81. The van der Waals surface area contributed by atoms with Crippen LogP contribution in [0.3, 0.4) is 0 Å². The number of likely N-dealkylation sites (tertiary alicyclic amines) is 1. The lowest BCUT2D eigenvalue weighted by molar-refractivity contribution is -0.137. The Morgan fingerprint density at radius 3 is 3.04 bits per heavy atom. The highest BCUT2D eigenvalue weighted by Crippen LogP contribution is 2.23. The fraction of sp³-hybridized carbons (Fsp3) is 0.526. The minimum Gasteiger partial charge on any atom is -0.372 e. The van der Waals surface area contributed by atoms with E-state index in [9.17, 15) is 4.79 Å². The van der Waals surface area contributed by atoms with Crippen LogP contribution >= 0.6 is 0 Å². The van der Waals surface area contributed by atoms with Gasteiger partial charge in [-0.3, -0.25) is 4.79 Å². The molecule has 2 aromatic rings. The van der Waals surface area contributed by atoms with Gasteiger partial charge in [-0.1, -0.05) is 29.4 Å². The van der Waals surface area contributed by atoms with Crippen LogP contribution < -0.4 is 0 Å². The number of carbonyl (C=O) groups excluding carboxylic acids is 1. The molecule has 2 heterocycles. The van der Waals surface area contributed by atoms with Gasteiger partial charge in [-0.15, -0.1) is 0 Å². The Morgan fingerprint density at radius 1 is 1.40 bits per heavy atom. The lowest BCUT2D eigenvalue weighted by Crippen LogP contribution is -2.42. The topological polar surface area (TPSA) is 68.5 Å². The van der Waals surface area contributed by atoms with Crippen molar-refractivity contribution in [1.82, 2.24) is 15.0 Å². The number of piperidine rings is 1. The number of nitrogens with zero attached hydrogens (tertiary/aromatic N) is 3. The van der Waals surface area contributed by atoms with Gasteiger partial charge in [0.05, 0.1) is 0 Å². The molecule has 1 saturated heterocycles. The van der Waals surface area contributed by atoms with Crippen LogP contribution in [0.1, 0.15) is 31.2 Å². The fourth-order valence-electron chi connectivity index (χ4n) is 3.26. The lowest BCUT2D eigenvalue weighted by atomic mass is 9.94. The van der Waals surface area contributed by atoms with Crippen molar-refractivity contribution >= 4 is 5.91 Å². The summed E-state index contributed by atoms with van der Waals surface area (Å²) < 4.78 is 10.7. The standard InChI is InChI=1S/C19H25N3O3/c1-3-24-13-18(23)22-10-6-8-15(12-22)11-17-20-19(21-25-17)16-9-5-4-7-14(16)2/h4-5,7,9,15H,3,6,8,10-13H2,1-2H3/t15-/m0/s1. The first kappa shape index (κ1) is 17.6. The molecule has 134 valence electrons. The van der Waals surface area contributed by atoms with Crippen molar-refractivity contribution in [2.24, 2.45) is 5.92 Å². The van der Waals surface area contributed by atoms with Gasteiger partial charge < -0.3 is 14.2 Å². The summed E-state index contributed by atoms with van der Waals surface area (Å²) in [6, 6.07) is 8.00. The molecule has 1 aliphatic rings. The van der Waals surface area contributed by atoms with Crippen LogP contribution in [0.2, 0.25) is 0 Å². The summed E-state index contributed by atoms with van der Waals surface area (Å²) in [6.45, 7) is 6.20. The largest absolute Gasteiger partial charge is 0.372 e. The van der Waals surface area contributed by atoms with E-state index in [1.54, 1.807) is 0 Å². The minimum absolute atomic E-state index is 0.0673. The van der Waals surface area contributed by atoms with Crippen LogP contribution in [0, 0.1) is 12.8 Å². The first-order valence-electron chi connectivity index (χ1n) is 8.91. The molecule has 3 rings (SSSR count). The normalized spacial score (nSPS) is 17.7. The molecule has 1 aromatic carbocycles. The second-order valence-electron chi connectivity index (χ2n) is 6.52. The number of benzene rings is 1. The van der Waals surface area contributed by atoms with Crippen molar-refractivity contribution in [1.29, 1.82) is 0 Å². The van der Waals surface area contributed by atoms with Crippen molar-refractivity contribution in [3.05, 3.63) is 35.7 Å². The number of carbonyl (C=O) groups is 1. The van der Waals surface area contributed by atoms with Crippen LogP contribution in [-0.2, 0) is 16.0 Å². The van der Waals surface area contributed by atoms with Gasteiger partial charge in [-0.05, 0) is 38.2 Å². The highest BCUT2D eigenvalue weighted by Gasteiger charge is 2.25. The Hall–Kier alpha value is -2.21. The number of ether oxygens (including phenoxy) is 1. The molecule has 0 radical (unpaired) electrons. The van der Waals surface area contributed by atoms with Crippen molar-refractivity contribution in [2.75, 3.05) is 26.3 Å². The molecule has 25 heavy (non-hydrogen) atoms. The molecule has 0 N–H and O–H groups in total. The molecule has 6 nitrogen and oxygen atoms in total. The van der Waals surface area contributed by atoms with E-state index in [-0.39, 0.29) is 12.5 Å². The summed E-state index contributed by atoms with van der Waals surface area (Å²) in [5.41, 5.74) is 2.12. The second-order valence-corrected chi connectivity index (χ2v) is 6.52. The fourth-order valence-corrected chi connectivity index (χ4v) is 3.26. The van der Waals surface area contributed by atoms with Crippen molar-refractivity contribution in [2.45, 2.75) is 33.1 Å². The van der Waals surface area contributed by atoms with Crippen molar-refractivity contribution < 1.29 is 14.1 Å². The van der Waals surface area contributed by atoms with Gasteiger partial charge in [0.1, 0.15) is 6.61 Å². The Morgan fingerprint density at radius 2 is 2.24 bits per heavy atom. The summed E-state index contributed by atoms with van der Waals surface area (Å²) in [4.78, 5) is 18.6. The maximum Gasteiger partial charge on any atom is 0.248 e. The average Bonchev–Trinajstić information content (AvgIpc) is 3.08. The summed E-state index contributed by atoms with van der Waals surface area (Å²) >= 11 is 0. The molecule has 0 aliphatic carbocycles. The third kappa shape index (κ3) is 4.45. The molecule has 0 spiro atoms. The summed E-state index contributed by atoms with van der Waals surface area (Å²) in [5.74, 6) is 1.69. The molecule has 1 fully saturated rings. The van der Waals surface area contributed by atoms with Crippen LogP contribution in [0.4, 0.5) is 0 Å². The van der Waals surface area contributed by atoms with Gasteiger partial charge >= 0.3 is 0 Å². The van der Waals surface area contributed by atoms with E-state index in [0.717, 1.165) is 37.1 Å². The van der Waals surface area contributed by atoms with Crippen molar-refractivity contribution in [3.63, 3.8) is 0 Å². The van der Waals surface area contributed by atoms with Gasteiger partial charge in [0, 0.05) is 31.7 Å². The summed E-state index contributed by atoms with van der Waals surface area (Å²) in [6.07, 6.45) is 2.78. The van der Waals surface area contributed by atoms with E-state index in [1.165, 1.54) is 0 Å². The van der Waals surface area contributed by atoms with Gasteiger partial charge in [-0.2, -0.15) is 4.98 Å². The molecular formula is C19H25N3O3. The van der Waals surface area contributed by atoms with E-state index in [2.05, 4.69) is 10.1 Å². The van der Waals surface area contributed by atoms with Crippen molar-refractivity contribution in [3.8, 4) is 11.4 Å². The molecule has 0 saturated carbocycles. The quantitative estimate of drug-likeness (QED) is 0.807. The second kappa shape index (κ2) is 8.25. The summed E-state index contributed by atoms with van der Waals surface area (Å²) in [5, 5.41) is 4.12. The smallest absolute Gasteiger partial charge is 0.248 e. The predicted octanol–water partition coefficient (Wildman–Crippen LogP) is 2.86. The monoisotopic (exact) mass is 343 g/mol. The highest BCUT2D eigenvalue weighted by atomic mass is 16.5. The Balaban J connectivity index is 1.61. The molecular weight excluding hydrogens is 318 g/mol. The maximum atomic E-state index is 12.1. The highest BCUT2D eigenvalue weighted by molar-refractivity contribution is 5.77. The molecule has 1 atom stereocenters. The number of hydrogen-bond donors (Lipinski definition) is 0. The zero-order valence-electron chi connectivity index (χ0n) is 14.9. The minimum atomic E-state index is 0.0673. The predicted molar refractivity (Wildman–Crippen MR) is 94.0 cm³/mol. The lowest BCUT2D eigenvalue weighted by Gasteiger charge is -2.32. The van der Waals surface area contributed by atoms with Gasteiger partial charge in [0.15, 0.2) is 0 Å². The maximum absolute atomic E-state index is 12.1. The molecule has 6 heteroatoms. The molecule has 1 amide bonds. The van der Waals surface area contributed by atoms with Gasteiger partial charge in [0.25, 0.3) is 0 Å². The van der Waals surface area contributed by atoms with E-state index < -0.39 is 0 Å². The van der Waals surface area contributed by atoms with Crippen LogP contribution in [-0.4, -0.2) is 47.3 Å².